The van der Waals surface area contributed by atoms with Gasteiger partial charge in [-0.25, -0.2) is 0 Å². The third-order valence-corrected chi connectivity index (χ3v) is 2.52. The molecule has 0 aromatic rings. The Labute approximate surface area is 139 Å². The number of ether oxygens (including phenoxy) is 2. The van der Waals surface area contributed by atoms with Gasteiger partial charge in [-0.05, 0) is 12.8 Å². The lowest BCUT2D eigenvalue weighted by molar-refractivity contribution is -0.144. The van der Waals surface area contributed by atoms with E-state index < -0.39 is 0 Å². The number of carbonyl (C=O) groups excluding carboxylic acids is 2. The van der Waals surface area contributed by atoms with Crippen LogP contribution in [0.5, 0.6) is 0 Å². The number of unbranched alkanes of at least 4 members (excludes halogenated alkanes) is 4. The quantitative estimate of drug-likeness (QED) is 0.410. The standard InChI is InChI=1S/C13H26N2O4.2ClH/c14-8-10-18-12(16)6-4-2-1-3-5-7-13(17)19-11-9-15;;/h1-11,14-15H2;2*1H. The van der Waals surface area contributed by atoms with E-state index >= 15 is 0 Å². The van der Waals surface area contributed by atoms with Crippen LogP contribution in [0, 0.1) is 0 Å². The third kappa shape index (κ3) is 19.4. The maximum atomic E-state index is 11.1. The highest BCUT2D eigenvalue weighted by atomic mass is 35.5. The van der Waals surface area contributed by atoms with Crippen LogP contribution in [0.1, 0.15) is 44.9 Å². The molecule has 0 rings (SSSR count). The molecule has 0 aromatic carbocycles. The number of rotatable bonds is 12. The molecule has 21 heavy (non-hydrogen) atoms. The van der Waals surface area contributed by atoms with Crippen molar-refractivity contribution in [2.45, 2.75) is 44.9 Å². The number of hydrogen-bond acceptors (Lipinski definition) is 6. The van der Waals surface area contributed by atoms with E-state index in [0.717, 1.165) is 32.1 Å². The van der Waals surface area contributed by atoms with Gasteiger partial charge in [0.15, 0.2) is 0 Å². The number of esters is 2. The van der Waals surface area contributed by atoms with Crippen LogP contribution >= 0.6 is 24.8 Å². The van der Waals surface area contributed by atoms with Crippen molar-refractivity contribution < 1.29 is 19.1 Å². The largest absolute Gasteiger partial charge is 0.464 e. The second kappa shape index (κ2) is 19.4. The summed E-state index contributed by atoms with van der Waals surface area (Å²) in [6, 6.07) is 0. The molecule has 4 N–H and O–H groups in total. The first kappa shape index (κ1) is 25.4. The van der Waals surface area contributed by atoms with Gasteiger partial charge in [-0.2, -0.15) is 0 Å². The van der Waals surface area contributed by atoms with Gasteiger partial charge < -0.3 is 20.9 Å². The molecule has 0 spiro atoms. The van der Waals surface area contributed by atoms with E-state index in [1.807, 2.05) is 0 Å². The average Bonchev–Trinajstić information content (AvgIpc) is 2.41. The lowest BCUT2D eigenvalue weighted by Gasteiger charge is -2.04. The molecular formula is C13H28Cl2N2O4. The van der Waals surface area contributed by atoms with Crippen molar-refractivity contribution in [3.63, 3.8) is 0 Å². The van der Waals surface area contributed by atoms with Crippen molar-refractivity contribution >= 4 is 36.8 Å². The lowest BCUT2D eigenvalue weighted by Crippen LogP contribution is -2.13. The number of nitrogens with two attached hydrogens (primary N) is 2. The van der Waals surface area contributed by atoms with E-state index in [2.05, 4.69) is 0 Å². The number of hydrogen-bond donors (Lipinski definition) is 2. The topological polar surface area (TPSA) is 105 Å². The molecule has 0 saturated heterocycles. The van der Waals surface area contributed by atoms with Crippen LogP contribution in [0.15, 0.2) is 0 Å². The van der Waals surface area contributed by atoms with E-state index in [1.165, 1.54) is 0 Å². The zero-order valence-corrected chi connectivity index (χ0v) is 14.0. The smallest absolute Gasteiger partial charge is 0.305 e. The first-order valence-corrected chi connectivity index (χ1v) is 6.92. The Kier molecular flexibility index (Phi) is 23.5. The molecule has 6 nitrogen and oxygen atoms in total. The summed E-state index contributed by atoms with van der Waals surface area (Å²) in [6.45, 7) is 1.32. The predicted octanol–water partition coefficient (Wildman–Crippen LogP) is 1.56. The first-order chi connectivity index (χ1) is 9.20. The molecule has 0 heterocycles. The fourth-order valence-electron chi connectivity index (χ4n) is 1.56. The molecule has 0 aliphatic rings. The number of halogens is 2. The highest BCUT2D eigenvalue weighted by molar-refractivity contribution is 5.85. The van der Waals surface area contributed by atoms with Crippen molar-refractivity contribution in [1.29, 1.82) is 0 Å². The Balaban J connectivity index is -0.00000162. The zero-order chi connectivity index (χ0) is 14.3. The minimum absolute atomic E-state index is 0. The maximum Gasteiger partial charge on any atom is 0.305 e. The van der Waals surface area contributed by atoms with Gasteiger partial charge >= 0.3 is 11.9 Å². The summed E-state index contributed by atoms with van der Waals surface area (Å²) >= 11 is 0. The Hall–Kier alpha value is -0.560. The normalized spacial score (nSPS) is 9.24. The zero-order valence-electron chi connectivity index (χ0n) is 12.4. The summed E-state index contributed by atoms with van der Waals surface area (Å²) in [5, 5.41) is 0. The molecule has 0 fully saturated rings. The van der Waals surface area contributed by atoms with Gasteiger partial charge in [0.25, 0.3) is 0 Å². The molecule has 0 bridgehead atoms. The van der Waals surface area contributed by atoms with Crippen molar-refractivity contribution in [1.82, 2.24) is 0 Å². The second-order valence-corrected chi connectivity index (χ2v) is 4.29. The van der Waals surface area contributed by atoms with Gasteiger partial charge in [0.05, 0.1) is 0 Å². The summed E-state index contributed by atoms with van der Waals surface area (Å²) < 4.78 is 9.71. The molecule has 0 radical (unpaired) electrons. The van der Waals surface area contributed by atoms with Crippen molar-refractivity contribution in [3.8, 4) is 0 Å². The third-order valence-electron chi connectivity index (χ3n) is 2.52. The van der Waals surface area contributed by atoms with E-state index in [9.17, 15) is 9.59 Å². The van der Waals surface area contributed by atoms with E-state index in [-0.39, 0.29) is 36.8 Å². The van der Waals surface area contributed by atoms with Gasteiger partial charge in [0, 0.05) is 25.9 Å². The van der Waals surface area contributed by atoms with Gasteiger partial charge in [-0.15, -0.1) is 24.8 Å². The van der Waals surface area contributed by atoms with Crippen LogP contribution in [-0.2, 0) is 19.1 Å². The Morgan fingerprint density at radius 1 is 0.667 bits per heavy atom. The molecule has 128 valence electrons. The van der Waals surface area contributed by atoms with Crippen LogP contribution < -0.4 is 11.5 Å². The molecule has 0 unspecified atom stereocenters. The second-order valence-electron chi connectivity index (χ2n) is 4.29. The summed E-state index contributed by atoms with van der Waals surface area (Å²) in [5.41, 5.74) is 10.4. The lowest BCUT2D eigenvalue weighted by atomic mass is 10.1. The van der Waals surface area contributed by atoms with Crippen molar-refractivity contribution in [3.05, 3.63) is 0 Å². The molecular weight excluding hydrogens is 319 g/mol. The first-order valence-electron chi connectivity index (χ1n) is 6.92. The predicted molar refractivity (Wildman–Crippen MR) is 86.8 cm³/mol. The van der Waals surface area contributed by atoms with Crippen molar-refractivity contribution in [2.24, 2.45) is 11.5 Å². The fourth-order valence-corrected chi connectivity index (χ4v) is 1.56. The molecule has 8 heteroatoms. The SMILES string of the molecule is Cl.Cl.NCCOC(=O)CCCCCCCC(=O)OCCN. The molecule has 0 aliphatic carbocycles. The minimum atomic E-state index is -0.184. The Bertz CT molecular complexity index is 232. The monoisotopic (exact) mass is 346 g/mol. The van der Waals surface area contributed by atoms with Crippen LogP contribution in [0.4, 0.5) is 0 Å². The van der Waals surface area contributed by atoms with Gasteiger partial charge in [0.1, 0.15) is 13.2 Å². The van der Waals surface area contributed by atoms with Crippen LogP contribution in [0.2, 0.25) is 0 Å². The average molecular weight is 347 g/mol. The molecule has 0 aliphatic heterocycles. The van der Waals surface area contributed by atoms with Gasteiger partial charge in [0.2, 0.25) is 0 Å². The summed E-state index contributed by atoms with van der Waals surface area (Å²) in [4.78, 5) is 22.3. The van der Waals surface area contributed by atoms with E-state index in [1.54, 1.807) is 0 Å². The summed E-state index contributed by atoms with van der Waals surface area (Å²) in [7, 11) is 0. The van der Waals surface area contributed by atoms with Crippen molar-refractivity contribution in [2.75, 3.05) is 26.3 Å². The Morgan fingerprint density at radius 3 is 1.33 bits per heavy atom. The van der Waals surface area contributed by atoms with Crippen LogP contribution in [0.25, 0.3) is 0 Å². The maximum absolute atomic E-state index is 11.1. The Morgan fingerprint density at radius 2 is 1.00 bits per heavy atom. The molecule has 0 amide bonds. The minimum Gasteiger partial charge on any atom is -0.464 e. The van der Waals surface area contributed by atoms with Crippen LogP contribution in [0.3, 0.4) is 0 Å². The van der Waals surface area contributed by atoms with Gasteiger partial charge in [-0.1, -0.05) is 19.3 Å². The van der Waals surface area contributed by atoms with E-state index in [4.69, 9.17) is 20.9 Å². The fraction of sp³-hybridized carbons (Fsp3) is 0.846. The molecule has 0 atom stereocenters. The van der Waals surface area contributed by atoms with Gasteiger partial charge in [-0.3, -0.25) is 9.59 Å². The molecule has 0 aromatic heterocycles. The van der Waals surface area contributed by atoms with E-state index in [0.29, 0.717) is 39.1 Å². The summed E-state index contributed by atoms with van der Waals surface area (Å²) in [6.07, 6.45) is 5.47. The highest BCUT2D eigenvalue weighted by Crippen LogP contribution is 2.08. The highest BCUT2D eigenvalue weighted by Gasteiger charge is 2.03. The van der Waals surface area contributed by atoms with Crippen LogP contribution in [-0.4, -0.2) is 38.2 Å². The number of carbonyl (C=O) groups is 2. The molecule has 0 saturated carbocycles. The summed E-state index contributed by atoms with van der Waals surface area (Å²) in [5.74, 6) is -0.369.